The second-order valence-corrected chi connectivity index (χ2v) is 4.30. The molecule has 2 atom stereocenters. The molecule has 0 saturated carbocycles. The lowest BCUT2D eigenvalue weighted by atomic mass is 10.3. The predicted octanol–water partition coefficient (Wildman–Crippen LogP) is 3.65. The van der Waals surface area contributed by atoms with Crippen molar-refractivity contribution in [3.8, 4) is 11.5 Å². The minimum absolute atomic E-state index is 0.132. The van der Waals surface area contributed by atoms with Gasteiger partial charge >= 0.3 is 0 Å². The molecule has 2 unspecified atom stereocenters. The molecule has 0 aromatic heterocycles. The summed E-state index contributed by atoms with van der Waals surface area (Å²) in [5.74, 6) is 1.64. The fraction of sp³-hybridized carbons (Fsp3) is 0.533. The zero-order valence-electron chi connectivity index (χ0n) is 12.1. The summed E-state index contributed by atoms with van der Waals surface area (Å²) in [5, 5.41) is 3.78. The van der Waals surface area contributed by atoms with Crippen LogP contribution in [0.2, 0.25) is 0 Å². The predicted molar refractivity (Wildman–Crippen MR) is 77.0 cm³/mol. The van der Waals surface area contributed by atoms with Gasteiger partial charge in [-0.1, -0.05) is 12.1 Å². The number of hydrogen-bond donors (Lipinski definition) is 0. The lowest BCUT2D eigenvalue weighted by Gasteiger charge is -2.14. The maximum atomic E-state index is 5.70. The molecular formula is C15H23NO3. The van der Waals surface area contributed by atoms with E-state index in [4.69, 9.17) is 14.3 Å². The summed E-state index contributed by atoms with van der Waals surface area (Å²) in [6.07, 6.45) is 2.72. The van der Waals surface area contributed by atoms with Crippen molar-refractivity contribution in [2.75, 3.05) is 6.61 Å². The Morgan fingerprint density at radius 1 is 1.05 bits per heavy atom. The van der Waals surface area contributed by atoms with Gasteiger partial charge in [-0.2, -0.15) is 0 Å². The average molecular weight is 265 g/mol. The first-order chi connectivity index (χ1) is 9.15. The van der Waals surface area contributed by atoms with Crippen LogP contribution in [0, 0.1) is 0 Å². The minimum Gasteiger partial charge on any atom is -0.491 e. The van der Waals surface area contributed by atoms with Crippen molar-refractivity contribution in [2.24, 2.45) is 5.16 Å². The molecule has 0 bridgehead atoms. The molecule has 0 aliphatic heterocycles. The maximum absolute atomic E-state index is 5.70. The highest BCUT2D eigenvalue weighted by Crippen LogP contribution is 2.19. The molecule has 1 aromatic carbocycles. The molecule has 0 spiro atoms. The maximum Gasteiger partial charge on any atom is 0.134 e. The van der Waals surface area contributed by atoms with E-state index in [2.05, 4.69) is 19.0 Å². The zero-order chi connectivity index (χ0) is 14.1. The summed E-state index contributed by atoms with van der Waals surface area (Å²) >= 11 is 0. The molecule has 0 radical (unpaired) electrons. The Bertz CT molecular complexity index is 375. The van der Waals surface area contributed by atoms with Crippen LogP contribution in [0.1, 0.15) is 34.1 Å². The summed E-state index contributed by atoms with van der Waals surface area (Å²) in [7, 11) is 0. The second-order valence-electron chi connectivity index (χ2n) is 4.30. The first-order valence-electron chi connectivity index (χ1n) is 6.74. The number of benzene rings is 1. The van der Waals surface area contributed by atoms with Gasteiger partial charge in [0.05, 0.1) is 12.3 Å². The fourth-order valence-electron chi connectivity index (χ4n) is 1.36. The van der Waals surface area contributed by atoms with E-state index < -0.39 is 0 Å². The summed E-state index contributed by atoms with van der Waals surface area (Å²) in [4.78, 5) is 4.89. The van der Waals surface area contributed by atoms with E-state index in [0.717, 1.165) is 17.9 Å². The quantitative estimate of drug-likeness (QED) is 0.532. The van der Waals surface area contributed by atoms with Crippen molar-refractivity contribution in [3.05, 3.63) is 24.3 Å². The Morgan fingerprint density at radius 2 is 1.63 bits per heavy atom. The number of rotatable bonds is 8. The van der Waals surface area contributed by atoms with Crippen LogP contribution in [0.5, 0.6) is 11.5 Å². The standard InChI is InChI=1S/C15H23NO3/c1-5-12(3)18-14-7-9-15(10-8-14)19-13(4)11-16-17-6-2/h7-13H,5-6H2,1-4H3/b16-11+. The molecular weight excluding hydrogens is 242 g/mol. The SMILES string of the molecule is CCO/N=C/C(C)Oc1ccc(OC(C)CC)cc1. The highest BCUT2D eigenvalue weighted by Gasteiger charge is 2.03. The third-order valence-corrected chi connectivity index (χ3v) is 2.53. The van der Waals surface area contributed by atoms with E-state index in [-0.39, 0.29) is 12.2 Å². The van der Waals surface area contributed by atoms with Gasteiger partial charge in [-0.05, 0) is 51.5 Å². The molecule has 4 heteroatoms. The van der Waals surface area contributed by atoms with Crippen LogP contribution in [0.3, 0.4) is 0 Å². The highest BCUT2D eigenvalue weighted by molar-refractivity contribution is 5.62. The molecule has 106 valence electrons. The third kappa shape index (κ3) is 6.13. The lowest BCUT2D eigenvalue weighted by molar-refractivity contribution is 0.156. The van der Waals surface area contributed by atoms with Crippen LogP contribution in [0.25, 0.3) is 0 Å². The lowest BCUT2D eigenvalue weighted by Crippen LogP contribution is -2.13. The minimum atomic E-state index is -0.132. The van der Waals surface area contributed by atoms with Gasteiger partial charge < -0.3 is 14.3 Å². The number of oxime groups is 1. The third-order valence-electron chi connectivity index (χ3n) is 2.53. The van der Waals surface area contributed by atoms with Gasteiger partial charge in [0.2, 0.25) is 0 Å². The van der Waals surface area contributed by atoms with E-state index in [1.54, 1.807) is 6.21 Å². The molecule has 1 aromatic rings. The Labute approximate surface area is 115 Å². The van der Waals surface area contributed by atoms with E-state index in [1.807, 2.05) is 38.1 Å². The van der Waals surface area contributed by atoms with Crippen LogP contribution in [0.15, 0.2) is 29.4 Å². The van der Waals surface area contributed by atoms with Gasteiger partial charge in [0.1, 0.15) is 24.2 Å². The van der Waals surface area contributed by atoms with Crippen LogP contribution < -0.4 is 9.47 Å². The van der Waals surface area contributed by atoms with Gasteiger partial charge in [-0.15, -0.1) is 0 Å². The topological polar surface area (TPSA) is 40.0 Å². The van der Waals surface area contributed by atoms with E-state index in [9.17, 15) is 0 Å². The monoisotopic (exact) mass is 265 g/mol. The molecule has 19 heavy (non-hydrogen) atoms. The van der Waals surface area contributed by atoms with Crippen molar-refractivity contribution < 1.29 is 14.3 Å². The van der Waals surface area contributed by atoms with Crippen molar-refractivity contribution in [3.63, 3.8) is 0 Å². The second kappa shape index (κ2) is 8.40. The molecule has 0 aliphatic carbocycles. The molecule has 0 fully saturated rings. The number of hydrogen-bond acceptors (Lipinski definition) is 4. The number of ether oxygens (including phenoxy) is 2. The smallest absolute Gasteiger partial charge is 0.134 e. The Hall–Kier alpha value is -1.71. The van der Waals surface area contributed by atoms with Crippen molar-refractivity contribution in [2.45, 2.75) is 46.3 Å². The summed E-state index contributed by atoms with van der Waals surface area (Å²) in [5.41, 5.74) is 0. The van der Waals surface area contributed by atoms with Crippen molar-refractivity contribution in [1.82, 2.24) is 0 Å². The molecule has 0 amide bonds. The summed E-state index contributed by atoms with van der Waals surface area (Å²) in [6, 6.07) is 7.60. The molecule has 0 aliphatic rings. The van der Waals surface area contributed by atoms with Crippen LogP contribution >= 0.6 is 0 Å². The Kier molecular flexibility index (Phi) is 6.79. The van der Waals surface area contributed by atoms with Crippen LogP contribution in [-0.2, 0) is 4.84 Å². The number of nitrogens with zero attached hydrogens (tertiary/aromatic N) is 1. The van der Waals surface area contributed by atoms with Crippen molar-refractivity contribution in [1.29, 1.82) is 0 Å². The first kappa shape index (κ1) is 15.3. The van der Waals surface area contributed by atoms with Gasteiger partial charge in [0, 0.05) is 0 Å². The largest absolute Gasteiger partial charge is 0.491 e. The summed E-state index contributed by atoms with van der Waals surface area (Å²) in [6.45, 7) is 8.51. The molecule has 0 heterocycles. The average Bonchev–Trinajstić information content (AvgIpc) is 2.41. The van der Waals surface area contributed by atoms with E-state index in [1.165, 1.54) is 0 Å². The highest BCUT2D eigenvalue weighted by atomic mass is 16.6. The van der Waals surface area contributed by atoms with Crippen molar-refractivity contribution >= 4 is 6.21 Å². The van der Waals surface area contributed by atoms with Crippen LogP contribution in [0.4, 0.5) is 0 Å². The molecule has 0 N–H and O–H groups in total. The molecule has 0 saturated heterocycles. The Morgan fingerprint density at radius 3 is 2.16 bits per heavy atom. The van der Waals surface area contributed by atoms with Gasteiger partial charge in [0.15, 0.2) is 0 Å². The van der Waals surface area contributed by atoms with Gasteiger partial charge in [-0.25, -0.2) is 0 Å². The van der Waals surface area contributed by atoms with Gasteiger partial charge in [0.25, 0.3) is 0 Å². The Balaban J connectivity index is 2.47. The summed E-state index contributed by atoms with van der Waals surface area (Å²) < 4.78 is 11.4. The first-order valence-corrected chi connectivity index (χ1v) is 6.74. The molecule has 1 rings (SSSR count). The molecule has 4 nitrogen and oxygen atoms in total. The van der Waals surface area contributed by atoms with E-state index >= 15 is 0 Å². The zero-order valence-corrected chi connectivity index (χ0v) is 12.1. The fourth-order valence-corrected chi connectivity index (χ4v) is 1.36. The van der Waals surface area contributed by atoms with Gasteiger partial charge in [-0.3, -0.25) is 0 Å². The van der Waals surface area contributed by atoms with E-state index in [0.29, 0.717) is 6.61 Å². The normalized spacial score (nSPS) is 14.1. The van der Waals surface area contributed by atoms with Crippen LogP contribution in [-0.4, -0.2) is 25.0 Å².